The number of carbonyl (C=O) groups is 1. The normalized spacial score (nSPS) is 10.4. The van der Waals surface area contributed by atoms with Crippen molar-refractivity contribution in [2.75, 3.05) is 6.61 Å². The fourth-order valence-electron chi connectivity index (χ4n) is 2.31. The van der Waals surface area contributed by atoms with E-state index in [1.165, 1.54) is 0 Å². The first-order valence-corrected chi connectivity index (χ1v) is 7.73. The van der Waals surface area contributed by atoms with Crippen LogP contribution in [0, 0.1) is 6.92 Å². The van der Waals surface area contributed by atoms with Gasteiger partial charge in [-0.2, -0.15) is 0 Å². The zero-order valence-corrected chi connectivity index (χ0v) is 13.6. The summed E-state index contributed by atoms with van der Waals surface area (Å²) in [6.45, 7) is 4.03. The van der Waals surface area contributed by atoms with Crippen LogP contribution in [0.25, 0.3) is 22.5 Å². The molecule has 0 amide bonds. The minimum Gasteiger partial charge on any atom is -0.460 e. The molecule has 0 saturated heterocycles. The van der Waals surface area contributed by atoms with Crippen LogP contribution in [0.3, 0.4) is 0 Å². The summed E-state index contributed by atoms with van der Waals surface area (Å²) < 4.78 is 4.98. The fourth-order valence-corrected chi connectivity index (χ4v) is 2.31. The summed E-state index contributed by atoms with van der Waals surface area (Å²) in [4.78, 5) is 16.4. The molecule has 120 valence electrons. The van der Waals surface area contributed by atoms with E-state index < -0.39 is 5.97 Å². The minimum absolute atomic E-state index is 0.0351. The summed E-state index contributed by atoms with van der Waals surface area (Å²) in [7, 11) is 0. The van der Waals surface area contributed by atoms with Crippen molar-refractivity contribution >= 4 is 5.97 Å². The first-order chi connectivity index (χ1) is 11.7. The number of carbonyl (C=O) groups excluding carboxylic acids is 1. The molecular formula is C19H17N3O2. The van der Waals surface area contributed by atoms with Gasteiger partial charge in [0.2, 0.25) is 0 Å². The van der Waals surface area contributed by atoms with Gasteiger partial charge in [0.1, 0.15) is 11.4 Å². The van der Waals surface area contributed by atoms with Crippen LogP contribution >= 0.6 is 0 Å². The maximum atomic E-state index is 11.9. The quantitative estimate of drug-likeness (QED) is 0.686. The SMILES string of the molecule is CCOC(=O)c1nnc(-c2ccccc2)c(-c2ccc(C)cc2)n1. The van der Waals surface area contributed by atoms with E-state index in [1.807, 2.05) is 61.5 Å². The van der Waals surface area contributed by atoms with Gasteiger partial charge in [-0.15, -0.1) is 10.2 Å². The third-order valence-corrected chi connectivity index (χ3v) is 3.52. The average molecular weight is 319 g/mol. The van der Waals surface area contributed by atoms with E-state index >= 15 is 0 Å². The van der Waals surface area contributed by atoms with Crippen LogP contribution in [0.4, 0.5) is 0 Å². The molecule has 0 spiro atoms. The number of esters is 1. The molecule has 1 aromatic heterocycles. The van der Waals surface area contributed by atoms with E-state index in [0.29, 0.717) is 11.4 Å². The lowest BCUT2D eigenvalue weighted by Gasteiger charge is -2.09. The van der Waals surface area contributed by atoms with Crippen molar-refractivity contribution in [1.82, 2.24) is 15.2 Å². The Morgan fingerprint density at radius 3 is 2.25 bits per heavy atom. The van der Waals surface area contributed by atoms with Gasteiger partial charge in [-0.3, -0.25) is 0 Å². The van der Waals surface area contributed by atoms with Crippen LogP contribution in [-0.2, 0) is 4.74 Å². The molecule has 0 saturated carbocycles. The van der Waals surface area contributed by atoms with Gasteiger partial charge in [0.05, 0.1) is 6.61 Å². The van der Waals surface area contributed by atoms with Crippen LogP contribution < -0.4 is 0 Å². The molecule has 0 N–H and O–H groups in total. The van der Waals surface area contributed by atoms with E-state index in [0.717, 1.165) is 16.7 Å². The Labute approximate surface area is 140 Å². The molecule has 0 radical (unpaired) electrons. The Bertz CT molecular complexity index is 846. The molecule has 3 rings (SSSR count). The number of benzene rings is 2. The molecule has 24 heavy (non-hydrogen) atoms. The van der Waals surface area contributed by atoms with Gasteiger partial charge in [0.25, 0.3) is 5.82 Å². The Hall–Kier alpha value is -3.08. The molecule has 0 aliphatic heterocycles. The van der Waals surface area contributed by atoms with E-state index in [2.05, 4.69) is 15.2 Å². The summed E-state index contributed by atoms with van der Waals surface area (Å²) in [6.07, 6.45) is 0. The summed E-state index contributed by atoms with van der Waals surface area (Å²) >= 11 is 0. The average Bonchev–Trinajstić information content (AvgIpc) is 2.63. The number of aryl methyl sites for hydroxylation is 1. The number of aromatic nitrogens is 3. The van der Waals surface area contributed by atoms with Crippen molar-refractivity contribution in [3.63, 3.8) is 0 Å². The number of hydrogen-bond donors (Lipinski definition) is 0. The summed E-state index contributed by atoms with van der Waals surface area (Å²) in [6, 6.07) is 17.6. The molecule has 5 heteroatoms. The second-order valence-electron chi connectivity index (χ2n) is 5.29. The Morgan fingerprint density at radius 2 is 1.58 bits per heavy atom. The van der Waals surface area contributed by atoms with Gasteiger partial charge in [0.15, 0.2) is 0 Å². The molecular weight excluding hydrogens is 302 g/mol. The number of nitrogens with zero attached hydrogens (tertiary/aromatic N) is 3. The van der Waals surface area contributed by atoms with Crippen molar-refractivity contribution in [1.29, 1.82) is 0 Å². The number of rotatable bonds is 4. The highest BCUT2D eigenvalue weighted by Crippen LogP contribution is 2.28. The lowest BCUT2D eigenvalue weighted by atomic mass is 10.0. The van der Waals surface area contributed by atoms with Crippen molar-refractivity contribution in [2.45, 2.75) is 13.8 Å². The number of hydrogen-bond acceptors (Lipinski definition) is 5. The molecule has 3 aromatic rings. The highest BCUT2D eigenvalue weighted by Gasteiger charge is 2.18. The van der Waals surface area contributed by atoms with Crippen LogP contribution in [0.5, 0.6) is 0 Å². The van der Waals surface area contributed by atoms with E-state index in [9.17, 15) is 4.79 Å². The molecule has 2 aromatic carbocycles. The maximum Gasteiger partial charge on any atom is 0.378 e. The zero-order chi connectivity index (χ0) is 16.9. The van der Waals surface area contributed by atoms with Gasteiger partial charge in [-0.1, -0.05) is 60.2 Å². The highest BCUT2D eigenvalue weighted by atomic mass is 16.5. The van der Waals surface area contributed by atoms with Gasteiger partial charge in [0, 0.05) is 11.1 Å². The second-order valence-corrected chi connectivity index (χ2v) is 5.29. The highest BCUT2D eigenvalue weighted by molar-refractivity contribution is 5.87. The molecule has 0 aliphatic rings. The first-order valence-electron chi connectivity index (χ1n) is 7.73. The molecule has 5 nitrogen and oxygen atoms in total. The predicted octanol–water partition coefficient (Wildman–Crippen LogP) is 3.69. The van der Waals surface area contributed by atoms with E-state index in [1.54, 1.807) is 6.92 Å². The van der Waals surface area contributed by atoms with Crippen molar-refractivity contribution < 1.29 is 9.53 Å². The van der Waals surface area contributed by atoms with Crippen LogP contribution in [0.2, 0.25) is 0 Å². The summed E-state index contributed by atoms with van der Waals surface area (Å²) in [5.41, 5.74) is 4.16. The summed E-state index contributed by atoms with van der Waals surface area (Å²) in [5, 5.41) is 8.18. The predicted molar refractivity (Wildman–Crippen MR) is 91.4 cm³/mol. The van der Waals surface area contributed by atoms with Gasteiger partial charge < -0.3 is 4.74 Å². The fraction of sp³-hybridized carbons (Fsp3) is 0.158. The van der Waals surface area contributed by atoms with Gasteiger partial charge >= 0.3 is 5.97 Å². The largest absolute Gasteiger partial charge is 0.460 e. The first kappa shape index (κ1) is 15.8. The third-order valence-electron chi connectivity index (χ3n) is 3.52. The Balaban J connectivity index is 2.15. The smallest absolute Gasteiger partial charge is 0.378 e. The van der Waals surface area contributed by atoms with Crippen LogP contribution in [0.15, 0.2) is 54.6 Å². The standard InChI is InChI=1S/C19H17N3O2/c1-3-24-19(23)18-20-16(15-11-9-13(2)10-12-15)17(21-22-18)14-7-5-4-6-8-14/h4-12H,3H2,1-2H3. The van der Waals surface area contributed by atoms with Gasteiger partial charge in [-0.25, -0.2) is 9.78 Å². The minimum atomic E-state index is -0.571. The lowest BCUT2D eigenvalue weighted by Crippen LogP contribution is -2.12. The zero-order valence-electron chi connectivity index (χ0n) is 13.6. The molecule has 1 heterocycles. The Kier molecular flexibility index (Phi) is 4.61. The monoisotopic (exact) mass is 319 g/mol. The molecule has 0 atom stereocenters. The lowest BCUT2D eigenvalue weighted by molar-refractivity contribution is 0.0510. The molecule has 0 fully saturated rings. The van der Waals surface area contributed by atoms with Crippen LogP contribution in [-0.4, -0.2) is 27.8 Å². The van der Waals surface area contributed by atoms with E-state index in [-0.39, 0.29) is 12.4 Å². The molecule has 0 bridgehead atoms. The second kappa shape index (κ2) is 7.00. The summed E-state index contributed by atoms with van der Waals surface area (Å²) in [5.74, 6) is -0.606. The third kappa shape index (κ3) is 3.30. The van der Waals surface area contributed by atoms with Crippen LogP contribution in [0.1, 0.15) is 23.1 Å². The van der Waals surface area contributed by atoms with E-state index in [4.69, 9.17) is 4.74 Å². The Morgan fingerprint density at radius 1 is 0.917 bits per heavy atom. The van der Waals surface area contributed by atoms with Gasteiger partial charge in [-0.05, 0) is 13.8 Å². The van der Waals surface area contributed by atoms with Crippen molar-refractivity contribution in [3.8, 4) is 22.5 Å². The number of ether oxygens (including phenoxy) is 1. The molecule has 0 aliphatic carbocycles. The topological polar surface area (TPSA) is 65.0 Å². The maximum absolute atomic E-state index is 11.9. The van der Waals surface area contributed by atoms with Crippen molar-refractivity contribution in [3.05, 3.63) is 66.0 Å². The molecule has 0 unspecified atom stereocenters. The van der Waals surface area contributed by atoms with Crippen molar-refractivity contribution in [2.24, 2.45) is 0 Å².